The van der Waals surface area contributed by atoms with E-state index in [1.54, 1.807) is 0 Å². The summed E-state index contributed by atoms with van der Waals surface area (Å²) in [6.07, 6.45) is 0. The van der Waals surface area contributed by atoms with Crippen molar-refractivity contribution in [2.75, 3.05) is 11.9 Å². The first kappa shape index (κ1) is 17.1. The lowest BCUT2D eigenvalue weighted by Crippen LogP contribution is -2.98. The van der Waals surface area contributed by atoms with E-state index in [1.165, 1.54) is 16.3 Å². The molecule has 0 saturated carbocycles. The first-order valence-electron chi connectivity index (χ1n) is 9.22. The van der Waals surface area contributed by atoms with Crippen molar-refractivity contribution in [2.24, 2.45) is 0 Å². The second-order valence-corrected chi connectivity index (χ2v) is 6.54. The number of nitrogens with one attached hydrogen (secondary N) is 1. The van der Waals surface area contributed by atoms with Gasteiger partial charge in [0.1, 0.15) is 11.4 Å². The van der Waals surface area contributed by atoms with E-state index < -0.39 is 0 Å². The Morgan fingerprint density at radius 2 is 0.815 bits per heavy atom. The van der Waals surface area contributed by atoms with Crippen LogP contribution in [0.15, 0.2) is 115 Å². The molecule has 0 aromatic heterocycles. The maximum absolute atomic E-state index is 2.28. The smallest absolute Gasteiger partial charge is 0.136 e. The van der Waals surface area contributed by atoms with E-state index in [1.807, 2.05) is 12.1 Å². The zero-order chi connectivity index (χ0) is 18.5. The Kier molecular flexibility index (Phi) is 4.99. The van der Waals surface area contributed by atoms with Crippen molar-refractivity contribution in [3.05, 3.63) is 115 Å². The van der Waals surface area contributed by atoms with Crippen LogP contribution in [0.1, 0.15) is 0 Å². The van der Waals surface area contributed by atoms with Crippen molar-refractivity contribution in [3.8, 4) is 0 Å². The Labute approximate surface area is 160 Å². The predicted molar refractivity (Wildman–Crippen MR) is 114 cm³/mol. The summed E-state index contributed by atoms with van der Waals surface area (Å²) in [5, 5.41) is 0. The van der Waals surface area contributed by atoms with Crippen molar-refractivity contribution in [2.45, 2.75) is 0 Å². The SMILES string of the molecule is C[NH+](c1ccccc1)c1ccc(N(c2ccccc2)c2ccccc2)cc1. The molecule has 0 amide bonds. The average molecular weight is 351 g/mol. The maximum Gasteiger partial charge on any atom is 0.136 e. The number of anilines is 3. The zero-order valence-electron chi connectivity index (χ0n) is 15.4. The number of hydrogen-bond donors (Lipinski definition) is 1. The summed E-state index contributed by atoms with van der Waals surface area (Å²) >= 11 is 0. The van der Waals surface area contributed by atoms with Gasteiger partial charge < -0.3 is 4.90 Å². The normalized spacial score (nSPS) is 11.7. The summed E-state index contributed by atoms with van der Waals surface area (Å²) in [5.41, 5.74) is 5.96. The molecule has 1 N–H and O–H groups in total. The molecule has 0 saturated heterocycles. The first-order chi connectivity index (χ1) is 13.3. The molecule has 27 heavy (non-hydrogen) atoms. The van der Waals surface area contributed by atoms with Gasteiger partial charge in [-0.25, -0.2) is 0 Å². The molecule has 0 aliphatic carbocycles. The Morgan fingerprint density at radius 1 is 0.444 bits per heavy atom. The number of hydrogen-bond acceptors (Lipinski definition) is 1. The van der Waals surface area contributed by atoms with Gasteiger partial charge in [0.2, 0.25) is 0 Å². The Hall–Kier alpha value is -3.36. The van der Waals surface area contributed by atoms with Gasteiger partial charge in [0.15, 0.2) is 0 Å². The third-order valence-electron chi connectivity index (χ3n) is 4.79. The van der Waals surface area contributed by atoms with Crippen molar-refractivity contribution < 1.29 is 4.90 Å². The molecule has 4 aromatic rings. The second kappa shape index (κ2) is 7.90. The van der Waals surface area contributed by atoms with Crippen LogP contribution in [0.2, 0.25) is 0 Å². The minimum Gasteiger partial charge on any atom is -0.310 e. The largest absolute Gasteiger partial charge is 0.310 e. The summed E-state index contributed by atoms with van der Waals surface area (Å²) < 4.78 is 0. The van der Waals surface area contributed by atoms with Crippen LogP contribution in [0, 0.1) is 0 Å². The van der Waals surface area contributed by atoms with Gasteiger partial charge in [-0.15, -0.1) is 0 Å². The van der Waals surface area contributed by atoms with Crippen LogP contribution in [-0.2, 0) is 0 Å². The van der Waals surface area contributed by atoms with E-state index in [-0.39, 0.29) is 0 Å². The van der Waals surface area contributed by atoms with Crippen LogP contribution in [0.25, 0.3) is 0 Å². The monoisotopic (exact) mass is 351 g/mol. The molecule has 1 unspecified atom stereocenters. The first-order valence-corrected chi connectivity index (χ1v) is 9.22. The van der Waals surface area contributed by atoms with E-state index in [9.17, 15) is 0 Å². The Bertz CT molecular complexity index is 925. The van der Waals surface area contributed by atoms with Gasteiger partial charge in [-0.2, -0.15) is 0 Å². The van der Waals surface area contributed by atoms with Crippen LogP contribution in [0.3, 0.4) is 0 Å². The Morgan fingerprint density at radius 3 is 1.30 bits per heavy atom. The number of quaternary nitrogens is 1. The molecular formula is C25H23N2+. The van der Waals surface area contributed by atoms with E-state index in [2.05, 4.69) is 115 Å². The minimum absolute atomic E-state index is 1.15. The van der Waals surface area contributed by atoms with Gasteiger partial charge >= 0.3 is 0 Å². The molecule has 4 rings (SSSR count). The molecular weight excluding hydrogens is 328 g/mol. The molecule has 0 radical (unpaired) electrons. The maximum atomic E-state index is 2.28. The van der Waals surface area contributed by atoms with Crippen LogP contribution < -0.4 is 9.80 Å². The summed E-state index contributed by atoms with van der Waals surface area (Å²) in [7, 11) is 2.18. The van der Waals surface area contributed by atoms with Crippen LogP contribution in [0.5, 0.6) is 0 Å². The van der Waals surface area contributed by atoms with Crippen LogP contribution in [-0.4, -0.2) is 7.05 Å². The number of rotatable bonds is 5. The van der Waals surface area contributed by atoms with E-state index in [0.717, 1.165) is 17.1 Å². The number of benzene rings is 4. The highest BCUT2D eigenvalue weighted by Crippen LogP contribution is 2.34. The van der Waals surface area contributed by atoms with Gasteiger partial charge in [-0.1, -0.05) is 54.6 Å². The third kappa shape index (κ3) is 3.76. The predicted octanol–water partition coefficient (Wildman–Crippen LogP) is 5.63. The molecule has 2 heteroatoms. The van der Waals surface area contributed by atoms with Gasteiger partial charge in [0, 0.05) is 29.2 Å². The van der Waals surface area contributed by atoms with E-state index >= 15 is 0 Å². The van der Waals surface area contributed by atoms with E-state index in [4.69, 9.17) is 0 Å². The summed E-state index contributed by atoms with van der Waals surface area (Å²) in [5.74, 6) is 0. The molecule has 0 fully saturated rings. The lowest BCUT2D eigenvalue weighted by atomic mass is 10.1. The zero-order valence-corrected chi connectivity index (χ0v) is 15.4. The van der Waals surface area contributed by atoms with Crippen molar-refractivity contribution in [3.63, 3.8) is 0 Å². The van der Waals surface area contributed by atoms with Gasteiger partial charge in [0.25, 0.3) is 0 Å². The molecule has 0 aliphatic heterocycles. The van der Waals surface area contributed by atoms with Crippen molar-refractivity contribution in [1.82, 2.24) is 0 Å². The third-order valence-corrected chi connectivity index (χ3v) is 4.79. The van der Waals surface area contributed by atoms with Gasteiger partial charge in [-0.3, -0.25) is 4.90 Å². The van der Waals surface area contributed by atoms with Gasteiger partial charge in [-0.05, 0) is 48.5 Å². The lowest BCUT2D eigenvalue weighted by Gasteiger charge is -2.25. The summed E-state index contributed by atoms with van der Waals surface area (Å²) in [4.78, 5) is 3.56. The topological polar surface area (TPSA) is 7.68 Å². The molecule has 0 aliphatic rings. The minimum atomic E-state index is 1.15. The highest BCUT2D eigenvalue weighted by atomic mass is 15.1. The Balaban J connectivity index is 1.69. The molecule has 132 valence electrons. The van der Waals surface area contributed by atoms with E-state index in [0.29, 0.717) is 0 Å². The molecule has 1 atom stereocenters. The highest BCUT2D eigenvalue weighted by molar-refractivity contribution is 5.76. The molecule has 4 aromatic carbocycles. The molecule has 0 heterocycles. The lowest BCUT2D eigenvalue weighted by molar-refractivity contribution is -0.735. The fraction of sp³-hybridized carbons (Fsp3) is 0.0400. The fourth-order valence-electron chi connectivity index (χ4n) is 3.32. The molecule has 0 spiro atoms. The quantitative estimate of drug-likeness (QED) is 0.489. The van der Waals surface area contributed by atoms with Crippen molar-refractivity contribution >= 4 is 28.4 Å². The van der Waals surface area contributed by atoms with Crippen LogP contribution >= 0.6 is 0 Å². The summed E-state index contributed by atoms with van der Waals surface area (Å²) in [6, 6.07) is 40.3. The fourth-order valence-corrected chi connectivity index (χ4v) is 3.32. The number of nitrogens with zero attached hydrogens (tertiary/aromatic N) is 1. The van der Waals surface area contributed by atoms with Gasteiger partial charge in [0.05, 0.1) is 7.05 Å². The molecule has 0 bridgehead atoms. The van der Waals surface area contributed by atoms with Crippen molar-refractivity contribution in [1.29, 1.82) is 0 Å². The second-order valence-electron chi connectivity index (χ2n) is 6.54. The highest BCUT2D eigenvalue weighted by Gasteiger charge is 2.14. The number of para-hydroxylation sites is 3. The van der Waals surface area contributed by atoms with Crippen LogP contribution in [0.4, 0.5) is 28.4 Å². The standard InChI is InChI=1S/C25H22N2/c1-26(21-11-5-2-6-12-21)22-17-19-25(20-18-22)27(23-13-7-3-8-14-23)24-15-9-4-10-16-24/h2-20H,1H3/p+1. The average Bonchev–Trinajstić information content (AvgIpc) is 2.76. The molecule has 2 nitrogen and oxygen atoms in total. The summed E-state index contributed by atoms with van der Waals surface area (Å²) in [6.45, 7) is 0.